The molecule has 0 spiro atoms. The van der Waals surface area contributed by atoms with Crippen LogP contribution >= 0.6 is 24.0 Å². The van der Waals surface area contributed by atoms with Crippen molar-refractivity contribution in [3.05, 3.63) is 36.0 Å². The molecule has 7 nitrogen and oxygen atoms in total. The number of hydrogen-bond donors (Lipinski definition) is 4. The predicted octanol–water partition coefficient (Wildman–Crippen LogP) is 1.82. The van der Waals surface area contributed by atoms with E-state index in [9.17, 15) is 8.42 Å². The Morgan fingerprint density at radius 1 is 1.23 bits per heavy atom. The molecule has 1 aromatic carbocycles. The minimum atomic E-state index is -3.26. The van der Waals surface area contributed by atoms with Gasteiger partial charge in [0, 0.05) is 42.8 Å². The summed E-state index contributed by atoms with van der Waals surface area (Å²) in [4.78, 5) is 7.45. The van der Waals surface area contributed by atoms with Crippen LogP contribution in [-0.2, 0) is 16.4 Å². The zero-order chi connectivity index (χ0) is 18.5. The fourth-order valence-electron chi connectivity index (χ4n) is 2.72. The Bertz CT molecular complexity index is 846. The first-order valence-electron chi connectivity index (χ1n) is 8.19. The van der Waals surface area contributed by atoms with E-state index in [1.165, 1.54) is 10.9 Å². The molecule has 0 atom stereocenters. The molecule has 0 amide bonds. The molecule has 0 bridgehead atoms. The minimum Gasteiger partial charge on any atom is -0.361 e. The van der Waals surface area contributed by atoms with Gasteiger partial charge in [-0.3, -0.25) is 4.99 Å². The number of aromatic nitrogens is 1. The van der Waals surface area contributed by atoms with Crippen LogP contribution in [0.3, 0.4) is 0 Å². The van der Waals surface area contributed by atoms with Gasteiger partial charge in [0.2, 0.25) is 10.0 Å². The van der Waals surface area contributed by atoms with Gasteiger partial charge in [0.15, 0.2) is 5.96 Å². The van der Waals surface area contributed by atoms with Gasteiger partial charge in [0.05, 0.1) is 6.26 Å². The third kappa shape index (κ3) is 7.12. The van der Waals surface area contributed by atoms with Crippen molar-refractivity contribution in [1.82, 2.24) is 20.3 Å². The Hall–Kier alpha value is -1.33. The number of rotatable bonds is 7. The average Bonchev–Trinajstić information content (AvgIpc) is 2.91. The molecule has 0 radical (unpaired) electrons. The number of fused-ring (bicyclic) bond motifs is 1. The van der Waals surface area contributed by atoms with E-state index < -0.39 is 15.6 Å². The van der Waals surface area contributed by atoms with Crippen molar-refractivity contribution in [1.29, 1.82) is 0 Å². The number of nitrogens with zero attached hydrogens (tertiary/aromatic N) is 1. The summed E-state index contributed by atoms with van der Waals surface area (Å²) < 4.78 is 25.4. The fourth-order valence-corrected chi connectivity index (χ4v) is 3.79. The highest BCUT2D eigenvalue weighted by molar-refractivity contribution is 14.0. The number of sulfonamides is 1. The number of aromatic amines is 1. The van der Waals surface area contributed by atoms with Crippen LogP contribution < -0.4 is 15.4 Å². The van der Waals surface area contributed by atoms with E-state index >= 15 is 0 Å². The van der Waals surface area contributed by atoms with Crippen molar-refractivity contribution in [3.8, 4) is 0 Å². The number of guanidine groups is 1. The molecule has 0 aliphatic carbocycles. The van der Waals surface area contributed by atoms with Crippen LogP contribution in [0.1, 0.15) is 19.4 Å². The third-order valence-corrected chi connectivity index (χ3v) is 4.67. The highest BCUT2D eigenvalue weighted by Gasteiger charge is 2.22. The van der Waals surface area contributed by atoms with E-state index in [4.69, 9.17) is 0 Å². The third-order valence-electron chi connectivity index (χ3n) is 3.74. The summed E-state index contributed by atoms with van der Waals surface area (Å²) in [6.07, 6.45) is 4.04. The average molecular weight is 493 g/mol. The molecule has 26 heavy (non-hydrogen) atoms. The lowest BCUT2D eigenvalue weighted by molar-refractivity contribution is 0.446. The van der Waals surface area contributed by atoms with E-state index in [2.05, 4.69) is 37.5 Å². The largest absolute Gasteiger partial charge is 0.361 e. The Morgan fingerprint density at radius 3 is 2.58 bits per heavy atom. The maximum absolute atomic E-state index is 11.4. The molecule has 0 aliphatic heterocycles. The second-order valence-corrected chi connectivity index (χ2v) is 8.47. The number of hydrogen-bond acceptors (Lipinski definition) is 3. The molecule has 2 rings (SSSR count). The molecule has 0 saturated heterocycles. The van der Waals surface area contributed by atoms with Crippen LogP contribution in [0.4, 0.5) is 0 Å². The van der Waals surface area contributed by atoms with Crippen molar-refractivity contribution < 1.29 is 8.42 Å². The van der Waals surface area contributed by atoms with E-state index in [0.717, 1.165) is 24.7 Å². The number of aliphatic imine (C=N–C) groups is 1. The van der Waals surface area contributed by atoms with Crippen LogP contribution in [0.25, 0.3) is 10.9 Å². The molecule has 9 heteroatoms. The summed E-state index contributed by atoms with van der Waals surface area (Å²) in [5.74, 6) is 0.642. The van der Waals surface area contributed by atoms with Gasteiger partial charge in [-0.2, -0.15) is 0 Å². The smallest absolute Gasteiger partial charge is 0.209 e. The number of benzene rings is 1. The quantitative estimate of drug-likeness (QED) is 0.269. The lowest BCUT2D eigenvalue weighted by atomic mass is 10.1. The molecule has 0 unspecified atom stereocenters. The minimum absolute atomic E-state index is 0. The first-order valence-corrected chi connectivity index (χ1v) is 10.1. The van der Waals surface area contributed by atoms with Gasteiger partial charge in [-0.25, -0.2) is 13.1 Å². The number of H-pyrrole nitrogens is 1. The SMILES string of the molecule is CN=C(NCCc1c[nH]c2ccccc12)NCC(C)(C)NS(C)(=O)=O.I. The van der Waals surface area contributed by atoms with E-state index in [1.54, 1.807) is 7.05 Å². The van der Waals surface area contributed by atoms with Gasteiger partial charge in [0.25, 0.3) is 0 Å². The summed E-state index contributed by atoms with van der Waals surface area (Å²) in [7, 11) is -1.57. The topological polar surface area (TPSA) is 98.4 Å². The summed E-state index contributed by atoms with van der Waals surface area (Å²) >= 11 is 0. The Balaban J connectivity index is 0.00000338. The molecular weight excluding hydrogens is 465 g/mol. The maximum atomic E-state index is 11.4. The first kappa shape index (κ1) is 22.7. The van der Waals surface area contributed by atoms with Gasteiger partial charge in [-0.05, 0) is 31.9 Å². The Kier molecular flexibility index (Phi) is 8.35. The monoisotopic (exact) mass is 493 g/mol. The fraction of sp³-hybridized carbons (Fsp3) is 0.471. The Morgan fingerprint density at radius 2 is 1.92 bits per heavy atom. The Labute approximate surface area is 172 Å². The van der Waals surface area contributed by atoms with Crippen molar-refractivity contribution in [2.75, 3.05) is 26.4 Å². The highest BCUT2D eigenvalue weighted by Crippen LogP contribution is 2.17. The van der Waals surface area contributed by atoms with Crippen LogP contribution in [0.2, 0.25) is 0 Å². The van der Waals surface area contributed by atoms with Gasteiger partial charge in [0.1, 0.15) is 0 Å². The normalized spacial score (nSPS) is 12.7. The molecule has 0 saturated carbocycles. The lowest BCUT2D eigenvalue weighted by Gasteiger charge is -2.26. The number of halogens is 1. The van der Waals surface area contributed by atoms with E-state index in [1.807, 2.05) is 32.2 Å². The van der Waals surface area contributed by atoms with Gasteiger partial charge >= 0.3 is 0 Å². The summed E-state index contributed by atoms with van der Waals surface area (Å²) in [6.45, 7) is 4.79. The first-order chi connectivity index (χ1) is 11.7. The number of para-hydroxylation sites is 1. The van der Waals surface area contributed by atoms with Gasteiger partial charge in [-0.15, -0.1) is 24.0 Å². The van der Waals surface area contributed by atoms with Gasteiger partial charge in [-0.1, -0.05) is 18.2 Å². The molecular formula is C17H28IN5O2S. The molecule has 146 valence electrons. The number of nitrogens with one attached hydrogen (secondary N) is 4. The van der Waals surface area contributed by atoms with E-state index in [0.29, 0.717) is 12.5 Å². The zero-order valence-electron chi connectivity index (χ0n) is 15.6. The standard InChI is InChI=1S/C17H27N5O2S.HI/c1-17(2,22-25(4,23)24)12-21-16(18-3)19-10-9-13-11-20-15-8-6-5-7-14(13)15;/h5-8,11,20,22H,9-10,12H2,1-4H3,(H2,18,19,21);1H. The second kappa shape index (κ2) is 9.56. The molecule has 0 fully saturated rings. The zero-order valence-corrected chi connectivity index (χ0v) is 18.7. The van der Waals surface area contributed by atoms with Crippen LogP contribution in [0, 0.1) is 0 Å². The molecule has 0 aliphatic rings. The van der Waals surface area contributed by atoms with Crippen molar-refractivity contribution in [3.63, 3.8) is 0 Å². The second-order valence-electron chi connectivity index (χ2n) is 6.72. The maximum Gasteiger partial charge on any atom is 0.209 e. The molecule has 1 heterocycles. The van der Waals surface area contributed by atoms with Gasteiger partial charge < -0.3 is 15.6 Å². The summed E-state index contributed by atoms with van der Waals surface area (Å²) in [5, 5.41) is 7.64. The van der Waals surface area contributed by atoms with Crippen molar-refractivity contribution in [2.24, 2.45) is 4.99 Å². The molecule has 4 N–H and O–H groups in total. The lowest BCUT2D eigenvalue weighted by Crippen LogP contribution is -2.53. The van der Waals surface area contributed by atoms with Crippen molar-refractivity contribution in [2.45, 2.75) is 25.8 Å². The predicted molar refractivity (Wildman–Crippen MR) is 119 cm³/mol. The van der Waals surface area contributed by atoms with Crippen LogP contribution in [-0.4, -0.2) is 51.3 Å². The summed E-state index contributed by atoms with van der Waals surface area (Å²) in [6, 6.07) is 8.21. The van der Waals surface area contributed by atoms with Crippen LogP contribution in [0.15, 0.2) is 35.5 Å². The van der Waals surface area contributed by atoms with Crippen molar-refractivity contribution >= 4 is 50.9 Å². The highest BCUT2D eigenvalue weighted by atomic mass is 127. The van der Waals surface area contributed by atoms with E-state index in [-0.39, 0.29) is 24.0 Å². The molecule has 1 aromatic heterocycles. The van der Waals surface area contributed by atoms with Crippen LogP contribution in [0.5, 0.6) is 0 Å². The molecule has 2 aromatic rings. The summed E-state index contributed by atoms with van der Waals surface area (Å²) in [5.41, 5.74) is 1.77.